The van der Waals surface area contributed by atoms with Crippen molar-refractivity contribution in [2.75, 3.05) is 0 Å². The summed E-state index contributed by atoms with van der Waals surface area (Å²) in [6, 6.07) is -5.36. The molecule has 0 radical (unpaired) electrons. The minimum atomic E-state index is -1.55. The standard InChI is InChI=1S/C21H32N4O11/c1-10(2)18(21(36)23-12(6-7-26)8-16(30)31)25-19(34)13(4-5-15(28)29)24-20(35)14(9-17(32)33)22-11(3)27/h7,10,12-14,18H,4-6,8-9H2,1-3H3,(H,22,27)(H,23,36)(H,24,35)(H,25,34)(H,28,29)(H,30,31)(H,32,33)/t12-,13+,14+,18+/m1/s1. The van der Waals surface area contributed by atoms with Crippen LogP contribution < -0.4 is 21.3 Å². The Morgan fingerprint density at radius 3 is 1.72 bits per heavy atom. The van der Waals surface area contributed by atoms with Gasteiger partial charge in [0.05, 0.1) is 12.8 Å². The van der Waals surface area contributed by atoms with Crippen molar-refractivity contribution in [1.29, 1.82) is 0 Å². The molecule has 0 aromatic carbocycles. The average Bonchev–Trinajstić information content (AvgIpc) is 2.72. The van der Waals surface area contributed by atoms with E-state index < -0.39 is 97.3 Å². The van der Waals surface area contributed by atoms with Gasteiger partial charge in [0, 0.05) is 25.8 Å². The van der Waals surface area contributed by atoms with Gasteiger partial charge < -0.3 is 41.4 Å². The van der Waals surface area contributed by atoms with Crippen LogP contribution in [-0.2, 0) is 38.4 Å². The zero-order valence-electron chi connectivity index (χ0n) is 20.1. The lowest BCUT2D eigenvalue weighted by Gasteiger charge is -2.27. The molecule has 36 heavy (non-hydrogen) atoms. The van der Waals surface area contributed by atoms with Gasteiger partial charge in [-0.3, -0.25) is 33.6 Å². The Morgan fingerprint density at radius 2 is 1.28 bits per heavy atom. The second-order valence-corrected chi connectivity index (χ2v) is 8.28. The van der Waals surface area contributed by atoms with Gasteiger partial charge in [0.2, 0.25) is 23.6 Å². The van der Waals surface area contributed by atoms with E-state index in [0.717, 1.165) is 6.92 Å². The van der Waals surface area contributed by atoms with E-state index in [1.54, 1.807) is 13.8 Å². The first-order chi connectivity index (χ1) is 16.7. The summed E-state index contributed by atoms with van der Waals surface area (Å²) in [5.74, 6) is -8.09. The van der Waals surface area contributed by atoms with Gasteiger partial charge in [-0.25, -0.2) is 0 Å². The van der Waals surface area contributed by atoms with Crippen molar-refractivity contribution >= 4 is 47.8 Å². The summed E-state index contributed by atoms with van der Waals surface area (Å²) < 4.78 is 0. The highest BCUT2D eigenvalue weighted by molar-refractivity contribution is 5.95. The minimum absolute atomic E-state index is 0.289. The Labute approximate surface area is 206 Å². The molecule has 202 valence electrons. The number of aldehydes is 1. The van der Waals surface area contributed by atoms with Crippen molar-refractivity contribution in [3.63, 3.8) is 0 Å². The van der Waals surface area contributed by atoms with Crippen LogP contribution in [0.1, 0.15) is 52.9 Å². The van der Waals surface area contributed by atoms with Gasteiger partial charge in [0.1, 0.15) is 24.4 Å². The zero-order chi connectivity index (χ0) is 28.0. The van der Waals surface area contributed by atoms with Gasteiger partial charge >= 0.3 is 17.9 Å². The quantitative estimate of drug-likeness (QED) is 0.104. The molecule has 0 aromatic rings. The number of carboxylic acid groups (broad SMARTS) is 3. The lowest BCUT2D eigenvalue weighted by Crippen LogP contribution is -2.58. The Kier molecular flexibility index (Phi) is 14.0. The molecule has 0 unspecified atom stereocenters. The van der Waals surface area contributed by atoms with Gasteiger partial charge in [-0.05, 0) is 12.3 Å². The van der Waals surface area contributed by atoms with E-state index in [4.69, 9.17) is 15.3 Å². The van der Waals surface area contributed by atoms with Crippen molar-refractivity contribution in [3.8, 4) is 0 Å². The van der Waals surface area contributed by atoms with Gasteiger partial charge in [0.25, 0.3) is 0 Å². The van der Waals surface area contributed by atoms with Crippen LogP contribution in [0.4, 0.5) is 0 Å². The molecular formula is C21H32N4O11. The second kappa shape index (κ2) is 15.8. The maximum atomic E-state index is 12.9. The molecule has 0 rings (SSSR count). The molecule has 15 heteroatoms. The largest absolute Gasteiger partial charge is 0.481 e. The topological polar surface area (TPSA) is 245 Å². The summed E-state index contributed by atoms with van der Waals surface area (Å²) in [5, 5.41) is 36.0. The average molecular weight is 517 g/mol. The molecule has 4 amide bonds. The molecule has 0 aliphatic carbocycles. The van der Waals surface area contributed by atoms with E-state index in [2.05, 4.69) is 21.3 Å². The number of amides is 4. The first-order valence-corrected chi connectivity index (χ1v) is 10.9. The predicted molar refractivity (Wildman–Crippen MR) is 120 cm³/mol. The number of aliphatic carboxylic acids is 3. The van der Waals surface area contributed by atoms with Crippen LogP contribution in [0.15, 0.2) is 0 Å². The van der Waals surface area contributed by atoms with Crippen LogP contribution >= 0.6 is 0 Å². The molecular weight excluding hydrogens is 484 g/mol. The highest BCUT2D eigenvalue weighted by Gasteiger charge is 2.32. The Hall–Kier alpha value is -4.04. The van der Waals surface area contributed by atoms with Crippen LogP contribution in [0.3, 0.4) is 0 Å². The second-order valence-electron chi connectivity index (χ2n) is 8.28. The Bertz CT molecular complexity index is 843. The van der Waals surface area contributed by atoms with E-state index in [1.807, 2.05) is 0 Å². The lowest BCUT2D eigenvalue weighted by molar-refractivity contribution is -0.141. The molecule has 0 aliphatic heterocycles. The Balaban J connectivity index is 5.70. The molecule has 0 aliphatic rings. The Morgan fingerprint density at radius 1 is 0.722 bits per heavy atom. The number of carbonyl (C=O) groups excluding carboxylic acids is 5. The van der Waals surface area contributed by atoms with Crippen LogP contribution in [-0.4, -0.2) is 87.3 Å². The number of rotatable bonds is 17. The maximum Gasteiger partial charge on any atom is 0.305 e. The fraction of sp³-hybridized carbons (Fsp3) is 0.619. The van der Waals surface area contributed by atoms with E-state index >= 15 is 0 Å². The normalized spacial score (nSPS) is 13.9. The van der Waals surface area contributed by atoms with Gasteiger partial charge in [-0.15, -0.1) is 0 Å². The van der Waals surface area contributed by atoms with Gasteiger partial charge in [-0.1, -0.05) is 13.8 Å². The van der Waals surface area contributed by atoms with Crippen LogP contribution in [0.25, 0.3) is 0 Å². The number of carboxylic acids is 3. The molecule has 0 saturated heterocycles. The smallest absolute Gasteiger partial charge is 0.305 e. The molecule has 7 N–H and O–H groups in total. The van der Waals surface area contributed by atoms with Crippen LogP contribution in [0.5, 0.6) is 0 Å². The SMILES string of the molecule is CC(=O)N[C@@H](CC(=O)O)C(=O)N[C@@H](CCC(=O)O)C(=O)N[C@H](C(=O)N[C@H](CC=O)CC(=O)O)C(C)C. The molecule has 0 spiro atoms. The van der Waals surface area contributed by atoms with Crippen molar-refractivity contribution < 1.29 is 53.7 Å². The highest BCUT2D eigenvalue weighted by Crippen LogP contribution is 2.08. The van der Waals surface area contributed by atoms with Crippen LogP contribution in [0, 0.1) is 5.92 Å². The zero-order valence-corrected chi connectivity index (χ0v) is 20.1. The number of carbonyl (C=O) groups is 8. The molecule has 4 atom stereocenters. The summed E-state index contributed by atoms with van der Waals surface area (Å²) in [4.78, 5) is 93.4. The minimum Gasteiger partial charge on any atom is -0.481 e. The fourth-order valence-electron chi connectivity index (χ4n) is 3.04. The van der Waals surface area contributed by atoms with E-state index in [1.165, 1.54) is 0 Å². The van der Waals surface area contributed by atoms with E-state index in [-0.39, 0.29) is 6.42 Å². The van der Waals surface area contributed by atoms with Crippen molar-refractivity contribution in [1.82, 2.24) is 21.3 Å². The first kappa shape index (κ1) is 32.0. The third kappa shape index (κ3) is 13.0. The summed E-state index contributed by atoms with van der Waals surface area (Å²) >= 11 is 0. The monoisotopic (exact) mass is 516 g/mol. The summed E-state index contributed by atoms with van der Waals surface area (Å²) in [5.41, 5.74) is 0. The molecule has 0 aromatic heterocycles. The highest BCUT2D eigenvalue weighted by atomic mass is 16.4. The maximum absolute atomic E-state index is 12.9. The van der Waals surface area contributed by atoms with Gasteiger partial charge in [0.15, 0.2) is 0 Å². The van der Waals surface area contributed by atoms with Crippen molar-refractivity contribution in [2.45, 2.75) is 77.0 Å². The summed E-state index contributed by atoms with van der Waals surface area (Å²) in [7, 11) is 0. The third-order valence-corrected chi connectivity index (χ3v) is 4.75. The summed E-state index contributed by atoms with van der Waals surface area (Å²) in [6.07, 6.45) is -2.21. The van der Waals surface area contributed by atoms with Gasteiger partial charge in [-0.2, -0.15) is 0 Å². The number of hydrogen-bond acceptors (Lipinski definition) is 8. The van der Waals surface area contributed by atoms with E-state index in [9.17, 15) is 38.4 Å². The van der Waals surface area contributed by atoms with Crippen LogP contribution in [0.2, 0.25) is 0 Å². The van der Waals surface area contributed by atoms with E-state index in [0.29, 0.717) is 6.29 Å². The fourth-order valence-corrected chi connectivity index (χ4v) is 3.04. The molecule has 0 bridgehead atoms. The molecule has 0 saturated carbocycles. The van der Waals surface area contributed by atoms with Crippen molar-refractivity contribution in [3.05, 3.63) is 0 Å². The molecule has 0 fully saturated rings. The first-order valence-electron chi connectivity index (χ1n) is 10.9. The number of nitrogens with one attached hydrogen (secondary N) is 4. The molecule has 0 heterocycles. The molecule has 15 nitrogen and oxygen atoms in total. The van der Waals surface area contributed by atoms with Crippen molar-refractivity contribution in [2.24, 2.45) is 5.92 Å². The lowest BCUT2D eigenvalue weighted by atomic mass is 10.0. The number of hydrogen-bond donors (Lipinski definition) is 7. The predicted octanol–water partition coefficient (Wildman–Crippen LogP) is -2.00. The summed E-state index contributed by atoms with van der Waals surface area (Å²) in [6.45, 7) is 4.16. The third-order valence-electron chi connectivity index (χ3n) is 4.75.